The number of methoxy groups -OCH3 is 1. The second-order valence-electron chi connectivity index (χ2n) is 5.41. The quantitative estimate of drug-likeness (QED) is 0.847. The van der Waals surface area contributed by atoms with Crippen molar-refractivity contribution in [2.45, 2.75) is 37.5 Å². The summed E-state index contributed by atoms with van der Waals surface area (Å²) in [5.74, 6) is 2.04. The van der Waals surface area contributed by atoms with Crippen molar-refractivity contribution < 1.29 is 9.84 Å². The van der Waals surface area contributed by atoms with Gasteiger partial charge in [0.1, 0.15) is 5.75 Å². The van der Waals surface area contributed by atoms with Gasteiger partial charge in [-0.25, -0.2) is 0 Å². The average molecular weight is 295 g/mol. The van der Waals surface area contributed by atoms with Crippen molar-refractivity contribution in [2.24, 2.45) is 0 Å². The number of aryl methyl sites for hydroxylation is 1. The third-order valence-corrected chi connectivity index (χ3v) is 5.13. The third-order valence-electron chi connectivity index (χ3n) is 3.73. The molecular weight excluding hydrogens is 270 g/mol. The lowest BCUT2D eigenvalue weighted by atomic mass is 10.0. The number of aliphatic hydroxyl groups is 1. The van der Waals surface area contributed by atoms with Gasteiger partial charge in [0.15, 0.2) is 0 Å². The lowest BCUT2D eigenvalue weighted by molar-refractivity contribution is 0.170. The second kappa shape index (κ2) is 7.91. The minimum absolute atomic E-state index is 0.515. The van der Waals surface area contributed by atoms with E-state index in [2.05, 4.69) is 17.1 Å². The summed E-state index contributed by atoms with van der Waals surface area (Å²) in [6.45, 7) is 3.59. The van der Waals surface area contributed by atoms with E-state index in [1.54, 1.807) is 7.11 Å². The molecule has 1 aliphatic rings. The summed E-state index contributed by atoms with van der Waals surface area (Å²) < 4.78 is 5.33. The van der Waals surface area contributed by atoms with Crippen molar-refractivity contribution >= 4 is 11.8 Å². The normalized spacial score (nSPS) is 20.6. The number of rotatable bonds is 6. The third kappa shape index (κ3) is 4.40. The van der Waals surface area contributed by atoms with Gasteiger partial charge in [0, 0.05) is 23.9 Å². The molecule has 1 saturated heterocycles. The Labute approximate surface area is 126 Å². The molecule has 0 radical (unpaired) electrons. The molecule has 0 amide bonds. The molecule has 3 nitrogen and oxygen atoms in total. The SMILES string of the molecule is COc1ccc(C)cc1C(O)CNCC1CCCCS1. The Morgan fingerprint density at radius 2 is 2.30 bits per heavy atom. The van der Waals surface area contributed by atoms with Gasteiger partial charge in [0.2, 0.25) is 0 Å². The highest BCUT2D eigenvalue weighted by Gasteiger charge is 2.16. The molecule has 0 aromatic heterocycles. The van der Waals surface area contributed by atoms with Crippen LogP contribution >= 0.6 is 11.8 Å². The first kappa shape index (κ1) is 15.7. The molecule has 2 N–H and O–H groups in total. The van der Waals surface area contributed by atoms with Gasteiger partial charge in [0.05, 0.1) is 13.2 Å². The second-order valence-corrected chi connectivity index (χ2v) is 6.82. The fourth-order valence-electron chi connectivity index (χ4n) is 2.57. The van der Waals surface area contributed by atoms with Crippen LogP contribution < -0.4 is 10.1 Å². The molecular formula is C16H25NO2S. The Morgan fingerprint density at radius 3 is 3.00 bits per heavy atom. The van der Waals surface area contributed by atoms with E-state index in [0.29, 0.717) is 11.8 Å². The molecule has 20 heavy (non-hydrogen) atoms. The van der Waals surface area contributed by atoms with Crippen LogP contribution in [0.2, 0.25) is 0 Å². The maximum absolute atomic E-state index is 10.3. The first-order valence-corrected chi connectivity index (χ1v) is 8.40. The van der Waals surface area contributed by atoms with Crippen LogP contribution in [0.5, 0.6) is 5.75 Å². The number of benzene rings is 1. The summed E-state index contributed by atoms with van der Waals surface area (Å²) in [6.07, 6.45) is 3.47. The highest BCUT2D eigenvalue weighted by molar-refractivity contribution is 7.99. The van der Waals surface area contributed by atoms with Gasteiger partial charge in [-0.3, -0.25) is 0 Å². The molecule has 112 valence electrons. The largest absolute Gasteiger partial charge is 0.496 e. The summed E-state index contributed by atoms with van der Waals surface area (Å²) in [6, 6.07) is 5.92. The molecule has 1 aliphatic heterocycles. The Morgan fingerprint density at radius 1 is 1.45 bits per heavy atom. The van der Waals surface area contributed by atoms with E-state index in [1.165, 1.54) is 25.0 Å². The summed E-state index contributed by atoms with van der Waals surface area (Å²) in [5.41, 5.74) is 2.01. The first-order valence-electron chi connectivity index (χ1n) is 7.35. The van der Waals surface area contributed by atoms with Gasteiger partial charge in [-0.1, -0.05) is 18.1 Å². The lowest BCUT2D eigenvalue weighted by Gasteiger charge is -2.22. The summed E-state index contributed by atoms with van der Waals surface area (Å²) in [5, 5.41) is 14.4. The van der Waals surface area contributed by atoms with E-state index in [0.717, 1.165) is 23.4 Å². The van der Waals surface area contributed by atoms with Crippen LogP contribution in [-0.2, 0) is 0 Å². The van der Waals surface area contributed by atoms with Crippen LogP contribution in [0.15, 0.2) is 18.2 Å². The predicted molar refractivity (Wildman–Crippen MR) is 85.7 cm³/mol. The van der Waals surface area contributed by atoms with Gasteiger partial charge in [-0.2, -0.15) is 11.8 Å². The van der Waals surface area contributed by atoms with E-state index in [9.17, 15) is 5.11 Å². The molecule has 0 aliphatic carbocycles. The zero-order chi connectivity index (χ0) is 14.4. The molecule has 4 heteroatoms. The van der Waals surface area contributed by atoms with Crippen LogP contribution in [-0.4, -0.2) is 36.3 Å². The summed E-state index contributed by atoms with van der Waals surface area (Å²) >= 11 is 2.05. The van der Waals surface area contributed by atoms with Crippen molar-refractivity contribution in [3.05, 3.63) is 29.3 Å². The van der Waals surface area contributed by atoms with Crippen LogP contribution in [0.25, 0.3) is 0 Å². The Hall–Kier alpha value is -0.710. The van der Waals surface area contributed by atoms with E-state index >= 15 is 0 Å². The molecule has 0 spiro atoms. The zero-order valence-electron chi connectivity index (χ0n) is 12.4. The van der Waals surface area contributed by atoms with Gasteiger partial charge in [0.25, 0.3) is 0 Å². The molecule has 2 rings (SSSR count). The van der Waals surface area contributed by atoms with Crippen molar-refractivity contribution in [3.8, 4) is 5.75 Å². The highest BCUT2D eigenvalue weighted by atomic mass is 32.2. The minimum atomic E-state index is -0.515. The topological polar surface area (TPSA) is 41.5 Å². The standard InChI is InChI=1S/C16H25NO2S/c1-12-6-7-16(19-2)14(9-12)15(18)11-17-10-13-5-3-4-8-20-13/h6-7,9,13,15,17-18H,3-5,8,10-11H2,1-2H3. The number of nitrogens with one attached hydrogen (secondary N) is 1. The molecule has 1 aromatic carbocycles. The van der Waals surface area contributed by atoms with Gasteiger partial charge >= 0.3 is 0 Å². The van der Waals surface area contributed by atoms with Crippen LogP contribution in [0, 0.1) is 6.92 Å². The van der Waals surface area contributed by atoms with Crippen molar-refractivity contribution in [2.75, 3.05) is 26.0 Å². The number of thioether (sulfide) groups is 1. The van der Waals surface area contributed by atoms with Crippen LogP contribution in [0.3, 0.4) is 0 Å². The molecule has 2 atom stereocenters. The molecule has 2 unspecified atom stereocenters. The zero-order valence-corrected chi connectivity index (χ0v) is 13.2. The highest BCUT2D eigenvalue weighted by Crippen LogP contribution is 2.27. The van der Waals surface area contributed by atoms with Gasteiger partial charge in [-0.05, 0) is 37.7 Å². The number of aliphatic hydroxyl groups excluding tert-OH is 1. The molecule has 1 aromatic rings. The maximum Gasteiger partial charge on any atom is 0.124 e. The van der Waals surface area contributed by atoms with E-state index in [1.807, 2.05) is 25.1 Å². The van der Waals surface area contributed by atoms with E-state index < -0.39 is 6.10 Å². The number of hydrogen-bond donors (Lipinski definition) is 2. The van der Waals surface area contributed by atoms with Crippen molar-refractivity contribution in [3.63, 3.8) is 0 Å². The molecule has 0 saturated carbocycles. The Kier molecular flexibility index (Phi) is 6.20. The Balaban J connectivity index is 1.84. The number of ether oxygens (including phenoxy) is 1. The minimum Gasteiger partial charge on any atom is -0.496 e. The van der Waals surface area contributed by atoms with Gasteiger partial charge < -0.3 is 15.2 Å². The van der Waals surface area contributed by atoms with Gasteiger partial charge in [-0.15, -0.1) is 0 Å². The van der Waals surface area contributed by atoms with Crippen molar-refractivity contribution in [1.82, 2.24) is 5.32 Å². The smallest absolute Gasteiger partial charge is 0.124 e. The lowest BCUT2D eigenvalue weighted by Crippen LogP contribution is -2.30. The van der Waals surface area contributed by atoms with E-state index in [4.69, 9.17) is 4.74 Å². The predicted octanol–water partition coefficient (Wildman–Crippen LogP) is 2.91. The number of hydrogen-bond acceptors (Lipinski definition) is 4. The van der Waals surface area contributed by atoms with Crippen LogP contribution in [0.1, 0.15) is 36.5 Å². The molecule has 1 fully saturated rings. The summed E-state index contributed by atoms with van der Waals surface area (Å²) in [7, 11) is 1.65. The Bertz CT molecular complexity index is 419. The van der Waals surface area contributed by atoms with Crippen molar-refractivity contribution in [1.29, 1.82) is 0 Å². The maximum atomic E-state index is 10.3. The van der Waals surface area contributed by atoms with E-state index in [-0.39, 0.29) is 0 Å². The average Bonchev–Trinajstić information content (AvgIpc) is 2.48. The van der Waals surface area contributed by atoms with Crippen LogP contribution in [0.4, 0.5) is 0 Å². The first-order chi connectivity index (χ1) is 9.70. The molecule has 1 heterocycles. The monoisotopic (exact) mass is 295 g/mol. The fraction of sp³-hybridized carbons (Fsp3) is 0.625. The summed E-state index contributed by atoms with van der Waals surface area (Å²) in [4.78, 5) is 0. The fourth-order valence-corrected chi connectivity index (χ4v) is 3.85. The molecule has 0 bridgehead atoms.